The number of carbonyl (C=O) groups excluding carboxylic acids is 2. The lowest BCUT2D eigenvalue weighted by Crippen LogP contribution is -2.45. The van der Waals surface area contributed by atoms with Gasteiger partial charge in [-0.1, -0.05) is 25.7 Å². The Balaban J connectivity index is 1.70. The molecule has 9 nitrogen and oxygen atoms in total. The number of ether oxygens (including phenoxy) is 1. The molecule has 2 atom stereocenters. The van der Waals surface area contributed by atoms with E-state index in [1.54, 1.807) is 4.90 Å². The van der Waals surface area contributed by atoms with Gasteiger partial charge in [0, 0.05) is 6.54 Å². The molecule has 2 fully saturated rings. The lowest BCUT2D eigenvalue weighted by Gasteiger charge is -2.34. The molecule has 1 saturated carbocycles. The molecule has 1 aliphatic carbocycles. The summed E-state index contributed by atoms with van der Waals surface area (Å²) < 4.78 is 20.5. The molecule has 1 saturated heterocycles. The molecule has 31 heavy (non-hydrogen) atoms. The van der Waals surface area contributed by atoms with Crippen LogP contribution >= 0.6 is 11.6 Å². The number of nitrogens with zero attached hydrogens (tertiary/aromatic N) is 4. The van der Waals surface area contributed by atoms with Crippen LogP contribution < -0.4 is 10.2 Å². The van der Waals surface area contributed by atoms with E-state index in [9.17, 15) is 14.8 Å². The van der Waals surface area contributed by atoms with Gasteiger partial charge in [0.2, 0.25) is 17.6 Å². The van der Waals surface area contributed by atoms with Gasteiger partial charge in [0.1, 0.15) is 5.69 Å². The number of morpholine rings is 1. The second kappa shape index (κ2) is 11.0. The maximum Gasteiger partial charge on any atom is 0.233 e. The smallest absolute Gasteiger partial charge is 0.233 e. The van der Waals surface area contributed by atoms with E-state index in [0.717, 1.165) is 25.7 Å². The lowest BCUT2D eigenvalue weighted by atomic mass is 9.92. The lowest BCUT2D eigenvalue weighted by molar-refractivity contribution is -0.155. The minimum Gasteiger partial charge on any atom is -0.377 e. The summed E-state index contributed by atoms with van der Waals surface area (Å²) >= 11 is 6.03. The molecule has 0 aromatic carbocycles. The van der Waals surface area contributed by atoms with E-state index in [2.05, 4.69) is 15.3 Å². The fourth-order valence-electron chi connectivity index (χ4n) is 4.30. The number of anilines is 1. The van der Waals surface area contributed by atoms with E-state index in [0.29, 0.717) is 37.2 Å². The first-order valence-electron chi connectivity index (χ1n) is 10.6. The van der Waals surface area contributed by atoms with Crippen LogP contribution in [0.1, 0.15) is 44.7 Å². The van der Waals surface area contributed by atoms with Crippen LogP contribution in [-0.2, 0) is 20.9 Å². The first kappa shape index (κ1) is 23.6. The van der Waals surface area contributed by atoms with Crippen molar-refractivity contribution in [3.63, 3.8) is 0 Å². The third-order valence-electron chi connectivity index (χ3n) is 5.94. The van der Waals surface area contributed by atoms with Crippen molar-refractivity contribution in [3.05, 3.63) is 16.8 Å². The molecule has 0 radical (unpaired) electrons. The third-order valence-corrected chi connectivity index (χ3v) is 6.11. The molecule has 2 amide bonds. The Labute approximate surface area is 185 Å². The van der Waals surface area contributed by atoms with Crippen molar-refractivity contribution in [2.24, 2.45) is 11.8 Å². The van der Waals surface area contributed by atoms with E-state index in [-0.39, 0.29) is 48.2 Å². The zero-order valence-corrected chi connectivity index (χ0v) is 18.4. The maximum absolute atomic E-state index is 15.1. The van der Waals surface area contributed by atoms with Crippen molar-refractivity contribution in [2.45, 2.75) is 51.6 Å². The van der Waals surface area contributed by atoms with Gasteiger partial charge in [0.15, 0.2) is 11.6 Å². The number of aromatic nitrogens is 2. The molecule has 172 valence electrons. The van der Waals surface area contributed by atoms with Crippen LogP contribution in [0.3, 0.4) is 0 Å². The predicted molar refractivity (Wildman–Crippen MR) is 111 cm³/mol. The van der Waals surface area contributed by atoms with Crippen LogP contribution in [0, 0.1) is 17.7 Å². The van der Waals surface area contributed by atoms with Gasteiger partial charge >= 0.3 is 0 Å². The van der Waals surface area contributed by atoms with Gasteiger partial charge in [-0.2, -0.15) is 4.98 Å². The Morgan fingerprint density at radius 2 is 2.19 bits per heavy atom. The molecule has 0 spiro atoms. The second-order valence-electron chi connectivity index (χ2n) is 8.22. The zero-order valence-electron chi connectivity index (χ0n) is 17.6. The van der Waals surface area contributed by atoms with Crippen molar-refractivity contribution >= 4 is 29.7 Å². The molecule has 2 N–H and O–H groups in total. The monoisotopic (exact) mass is 457 g/mol. The summed E-state index contributed by atoms with van der Waals surface area (Å²) in [5, 5.41) is 12.6. The molecule has 11 heteroatoms. The molecule has 1 aromatic heterocycles. The van der Waals surface area contributed by atoms with Gasteiger partial charge in [-0.15, -0.1) is 0 Å². The van der Waals surface area contributed by atoms with Crippen LogP contribution in [0.4, 0.5) is 10.2 Å². The van der Waals surface area contributed by atoms with Crippen molar-refractivity contribution in [3.8, 4) is 0 Å². The fraction of sp³-hybridized carbons (Fsp3) is 0.700. The van der Waals surface area contributed by atoms with E-state index in [1.807, 2.05) is 6.92 Å². The molecule has 0 bridgehead atoms. The summed E-state index contributed by atoms with van der Waals surface area (Å²) in [6.07, 6.45) is 5.10. The van der Waals surface area contributed by atoms with E-state index in [4.69, 9.17) is 16.3 Å². The Bertz CT molecular complexity index is 780. The number of hydrogen-bond donors (Lipinski definition) is 2. The average Bonchev–Trinajstić information content (AvgIpc) is 3.27. The summed E-state index contributed by atoms with van der Waals surface area (Å²) in [6.45, 7) is 2.98. The summed E-state index contributed by atoms with van der Waals surface area (Å²) in [5.74, 6) is -1.15. The quantitative estimate of drug-likeness (QED) is 0.253. The molecule has 1 aliphatic heterocycles. The van der Waals surface area contributed by atoms with Crippen molar-refractivity contribution < 1.29 is 23.9 Å². The maximum atomic E-state index is 15.1. The number of carbonyl (C=O) groups is 2. The minimum absolute atomic E-state index is 0.0158. The van der Waals surface area contributed by atoms with Gasteiger partial charge < -0.3 is 15.0 Å². The van der Waals surface area contributed by atoms with Crippen molar-refractivity contribution in [2.75, 3.05) is 31.2 Å². The SMILES string of the molecule is C[C@H]1COCCN1c1nc(Cl)nc(CNC(=O)[C@H](CC2CCCC2)CN(O)C=O)c1F. The number of amides is 2. The Kier molecular flexibility index (Phi) is 8.39. The number of nitrogens with one attached hydrogen (secondary N) is 1. The molecule has 2 aliphatic rings. The number of hydrogen-bond acceptors (Lipinski definition) is 7. The zero-order chi connectivity index (χ0) is 22.4. The number of rotatable bonds is 9. The molecule has 0 unspecified atom stereocenters. The normalized spacial score (nSPS) is 20.5. The summed E-state index contributed by atoms with van der Waals surface area (Å²) in [5.41, 5.74) is -0.0158. The first-order chi connectivity index (χ1) is 14.9. The highest BCUT2D eigenvalue weighted by atomic mass is 35.5. The summed E-state index contributed by atoms with van der Waals surface area (Å²) in [4.78, 5) is 33.4. The van der Waals surface area contributed by atoms with E-state index in [1.165, 1.54) is 0 Å². The van der Waals surface area contributed by atoms with Gasteiger partial charge in [0.25, 0.3) is 0 Å². The molecular weight excluding hydrogens is 429 g/mol. The number of hydroxylamine groups is 2. The van der Waals surface area contributed by atoms with Crippen molar-refractivity contribution in [1.29, 1.82) is 0 Å². The van der Waals surface area contributed by atoms with E-state index >= 15 is 4.39 Å². The van der Waals surface area contributed by atoms with Crippen molar-refractivity contribution in [1.82, 2.24) is 20.3 Å². The highest BCUT2D eigenvalue weighted by Crippen LogP contribution is 2.31. The van der Waals surface area contributed by atoms with Crippen LogP contribution in [0.2, 0.25) is 5.28 Å². The highest BCUT2D eigenvalue weighted by molar-refractivity contribution is 6.28. The molecule has 2 heterocycles. The predicted octanol–water partition coefficient (Wildman–Crippen LogP) is 2.15. The minimum atomic E-state index is -0.637. The first-order valence-corrected chi connectivity index (χ1v) is 11.0. The molecular formula is C20H29ClFN5O4. The largest absolute Gasteiger partial charge is 0.377 e. The van der Waals surface area contributed by atoms with Crippen LogP contribution in [0.15, 0.2) is 0 Å². The van der Waals surface area contributed by atoms with Crippen LogP contribution in [0.25, 0.3) is 0 Å². The number of halogens is 2. The molecule has 3 rings (SSSR count). The molecule has 1 aromatic rings. The van der Waals surface area contributed by atoms with Crippen LogP contribution in [-0.4, -0.2) is 64.9 Å². The van der Waals surface area contributed by atoms with E-state index < -0.39 is 11.7 Å². The van der Waals surface area contributed by atoms with Gasteiger partial charge in [-0.05, 0) is 30.9 Å². The summed E-state index contributed by atoms with van der Waals surface area (Å²) in [7, 11) is 0. The Hall–Kier alpha value is -2.04. The highest BCUT2D eigenvalue weighted by Gasteiger charge is 2.29. The second-order valence-corrected chi connectivity index (χ2v) is 8.56. The Morgan fingerprint density at radius 1 is 1.45 bits per heavy atom. The van der Waals surface area contributed by atoms with Gasteiger partial charge in [-0.25, -0.2) is 14.4 Å². The average molecular weight is 458 g/mol. The summed E-state index contributed by atoms with van der Waals surface area (Å²) in [6, 6.07) is -0.0775. The third kappa shape index (κ3) is 6.24. The van der Waals surface area contributed by atoms with Crippen LogP contribution in [0.5, 0.6) is 0 Å². The van der Waals surface area contributed by atoms with Gasteiger partial charge in [-0.3, -0.25) is 14.8 Å². The van der Waals surface area contributed by atoms with Gasteiger partial charge in [0.05, 0.1) is 38.3 Å². The standard InChI is InChI=1S/C20H29ClFN5O4/c1-13-11-31-7-6-27(13)18-17(22)16(24-20(21)25-18)9-23-19(29)15(10-26(30)12-28)8-14-4-2-3-5-14/h12-15,30H,2-11H2,1H3,(H,23,29)/t13-,15+/m0/s1. The fourth-order valence-corrected chi connectivity index (χ4v) is 4.48. The topological polar surface area (TPSA) is 108 Å². The Morgan fingerprint density at radius 3 is 2.87 bits per heavy atom.